The summed E-state index contributed by atoms with van der Waals surface area (Å²) < 4.78 is 11.5. The SMILES string of the molecule is COc1ccc(-c2c3ccc4cc(C(C)(C)C)cc5ccc(c3c45)c3c2c2ccccc2c2c(-c4ccc(OC)cc4)c4ccc5cc(C(C)(C)C)cc6ccc(c4c56)c23)cc1. The average molecular weight is 801 g/mol. The van der Waals surface area contributed by atoms with Crippen LogP contribution in [0.4, 0.5) is 0 Å². The van der Waals surface area contributed by atoms with E-state index in [4.69, 9.17) is 9.47 Å². The van der Waals surface area contributed by atoms with Crippen molar-refractivity contribution in [3.63, 3.8) is 0 Å². The minimum absolute atomic E-state index is 0.0176. The van der Waals surface area contributed by atoms with Gasteiger partial charge in [0, 0.05) is 0 Å². The maximum Gasteiger partial charge on any atom is 0.118 e. The Bertz CT molecular complexity index is 3510. The van der Waals surface area contributed by atoms with Crippen molar-refractivity contribution < 1.29 is 9.47 Å². The molecule has 0 aliphatic heterocycles. The van der Waals surface area contributed by atoms with Gasteiger partial charge in [-0.05, 0) is 165 Å². The van der Waals surface area contributed by atoms with Gasteiger partial charge in [0.15, 0.2) is 0 Å². The van der Waals surface area contributed by atoms with E-state index in [1.807, 2.05) is 0 Å². The number of benzene rings is 12. The molecule has 0 saturated heterocycles. The third-order valence-electron chi connectivity index (χ3n) is 14.0. The highest BCUT2D eigenvalue weighted by atomic mass is 16.5. The first-order chi connectivity index (χ1) is 29.9. The lowest BCUT2D eigenvalue weighted by molar-refractivity contribution is 0.415. The van der Waals surface area contributed by atoms with E-state index in [-0.39, 0.29) is 10.8 Å². The molecule has 0 aliphatic carbocycles. The van der Waals surface area contributed by atoms with E-state index in [1.165, 1.54) is 130 Å². The Morgan fingerprint density at radius 1 is 0.306 bits per heavy atom. The molecule has 0 N–H and O–H groups in total. The molecule has 12 aromatic carbocycles. The number of rotatable bonds is 4. The van der Waals surface area contributed by atoms with Crippen LogP contribution in [-0.4, -0.2) is 14.2 Å². The van der Waals surface area contributed by atoms with Crippen LogP contribution in [-0.2, 0) is 10.8 Å². The fourth-order valence-corrected chi connectivity index (χ4v) is 10.9. The van der Waals surface area contributed by atoms with E-state index >= 15 is 0 Å². The zero-order chi connectivity index (χ0) is 42.4. The van der Waals surface area contributed by atoms with Crippen LogP contribution in [0.25, 0.3) is 119 Å². The standard InChI is InChI=1S/C60H48O2/c1-59(2,3)39-29-35-17-25-45-51(33-13-21-41(61-7)22-14-33)55-43-11-9-10-12-44(43)56-52(34-15-23-42(62-8)24-16-34)46-26-18-36-30-40(60(4,5)6)32-38-20-28-48(54(46)50(36)38)58(56)57(55)47-27-19-37(31-39)49(35)53(45)47/h9-32H,1-8H3. The summed E-state index contributed by atoms with van der Waals surface area (Å²) in [6, 6.07) is 55.5. The maximum absolute atomic E-state index is 5.73. The van der Waals surface area contributed by atoms with Gasteiger partial charge < -0.3 is 9.47 Å². The molecule has 2 heteroatoms. The Kier molecular flexibility index (Phi) is 7.63. The predicted molar refractivity (Wildman–Crippen MR) is 268 cm³/mol. The fourth-order valence-electron chi connectivity index (χ4n) is 10.9. The van der Waals surface area contributed by atoms with Gasteiger partial charge in [-0.1, -0.05) is 163 Å². The van der Waals surface area contributed by atoms with Gasteiger partial charge >= 0.3 is 0 Å². The Morgan fingerprint density at radius 2 is 0.645 bits per heavy atom. The van der Waals surface area contributed by atoms with Crippen molar-refractivity contribution in [1.29, 1.82) is 0 Å². The highest BCUT2D eigenvalue weighted by Gasteiger charge is 2.27. The molecule has 0 radical (unpaired) electrons. The molecule has 0 aromatic heterocycles. The Balaban J connectivity index is 1.40. The van der Waals surface area contributed by atoms with Crippen LogP contribution in [0.3, 0.4) is 0 Å². The number of methoxy groups -OCH3 is 2. The van der Waals surface area contributed by atoms with Gasteiger partial charge in [-0.2, -0.15) is 0 Å². The van der Waals surface area contributed by atoms with Crippen molar-refractivity contribution in [3.8, 4) is 33.8 Å². The molecule has 12 aromatic rings. The second-order valence-electron chi connectivity index (χ2n) is 19.6. The third kappa shape index (κ3) is 5.10. The summed E-state index contributed by atoms with van der Waals surface area (Å²) in [6.07, 6.45) is 0. The van der Waals surface area contributed by atoms with Gasteiger partial charge in [-0.15, -0.1) is 0 Å². The summed E-state index contributed by atoms with van der Waals surface area (Å²) in [5.74, 6) is 1.70. The van der Waals surface area contributed by atoms with Gasteiger partial charge in [0.2, 0.25) is 0 Å². The predicted octanol–water partition coefficient (Wildman–Crippen LogP) is 16.9. The van der Waals surface area contributed by atoms with Crippen LogP contribution < -0.4 is 9.47 Å². The maximum atomic E-state index is 5.73. The van der Waals surface area contributed by atoms with Gasteiger partial charge in [0.1, 0.15) is 11.5 Å². The van der Waals surface area contributed by atoms with Crippen molar-refractivity contribution in [3.05, 3.63) is 157 Å². The molecular weight excluding hydrogens is 753 g/mol. The first-order valence-electron chi connectivity index (χ1n) is 21.9. The summed E-state index contributed by atoms with van der Waals surface area (Å²) in [6.45, 7) is 13.9. The summed E-state index contributed by atoms with van der Waals surface area (Å²) in [7, 11) is 3.49. The zero-order valence-electron chi connectivity index (χ0n) is 36.7. The fraction of sp³-hybridized carbons (Fsp3) is 0.167. The molecule has 0 atom stereocenters. The van der Waals surface area contributed by atoms with Gasteiger partial charge in [0.05, 0.1) is 14.2 Å². The summed E-state index contributed by atoms with van der Waals surface area (Å²) in [5.41, 5.74) is 7.61. The molecule has 300 valence electrons. The number of hydrogen-bond donors (Lipinski definition) is 0. The van der Waals surface area contributed by atoms with Crippen LogP contribution in [0.5, 0.6) is 11.5 Å². The van der Waals surface area contributed by atoms with E-state index in [2.05, 4.69) is 187 Å². The Labute approximate surface area is 362 Å². The largest absolute Gasteiger partial charge is 0.497 e. The lowest BCUT2D eigenvalue weighted by Gasteiger charge is -2.26. The minimum Gasteiger partial charge on any atom is -0.497 e. The van der Waals surface area contributed by atoms with Crippen molar-refractivity contribution in [2.45, 2.75) is 52.4 Å². The van der Waals surface area contributed by atoms with Crippen LogP contribution in [0.15, 0.2) is 146 Å². The molecule has 62 heavy (non-hydrogen) atoms. The van der Waals surface area contributed by atoms with Crippen LogP contribution in [0.1, 0.15) is 52.7 Å². The molecular formula is C60H48O2. The minimum atomic E-state index is 0.0176. The molecule has 0 unspecified atom stereocenters. The molecule has 0 amide bonds. The van der Waals surface area contributed by atoms with Gasteiger partial charge in [-0.25, -0.2) is 0 Å². The smallest absolute Gasteiger partial charge is 0.118 e. The first-order valence-corrected chi connectivity index (χ1v) is 21.9. The first kappa shape index (κ1) is 36.9. The quantitative estimate of drug-likeness (QED) is 0.130. The van der Waals surface area contributed by atoms with E-state index in [1.54, 1.807) is 14.2 Å². The molecule has 0 heterocycles. The van der Waals surface area contributed by atoms with Crippen molar-refractivity contribution in [2.24, 2.45) is 0 Å². The second kappa shape index (κ2) is 12.8. The average Bonchev–Trinajstić information content (AvgIpc) is 3.28. The molecule has 0 aliphatic rings. The van der Waals surface area contributed by atoms with Crippen molar-refractivity contribution >= 4 is 97.0 Å². The lowest BCUT2D eigenvalue weighted by atomic mass is 9.77. The van der Waals surface area contributed by atoms with Crippen molar-refractivity contribution in [1.82, 2.24) is 0 Å². The summed E-state index contributed by atoms with van der Waals surface area (Å²) in [4.78, 5) is 0. The number of ether oxygens (including phenoxy) is 2. The Morgan fingerprint density at radius 3 is 0.968 bits per heavy atom. The molecule has 0 saturated carbocycles. The van der Waals surface area contributed by atoms with Crippen LogP contribution in [0.2, 0.25) is 0 Å². The second-order valence-corrected chi connectivity index (χ2v) is 19.6. The molecule has 0 spiro atoms. The topological polar surface area (TPSA) is 18.5 Å². The lowest BCUT2D eigenvalue weighted by Crippen LogP contribution is -2.11. The van der Waals surface area contributed by atoms with E-state index in [0.717, 1.165) is 11.5 Å². The zero-order valence-corrected chi connectivity index (χ0v) is 36.7. The number of hydrogen-bond acceptors (Lipinski definition) is 2. The summed E-state index contributed by atoms with van der Waals surface area (Å²) in [5, 5.41) is 23.2. The Hall–Kier alpha value is -6.90. The van der Waals surface area contributed by atoms with E-state index in [0.29, 0.717) is 0 Å². The normalized spacial score (nSPS) is 12.8. The van der Waals surface area contributed by atoms with Crippen LogP contribution >= 0.6 is 0 Å². The summed E-state index contributed by atoms with van der Waals surface area (Å²) >= 11 is 0. The highest BCUT2D eigenvalue weighted by Crippen LogP contribution is 2.55. The van der Waals surface area contributed by atoms with Gasteiger partial charge in [-0.3, -0.25) is 0 Å². The van der Waals surface area contributed by atoms with Crippen molar-refractivity contribution in [2.75, 3.05) is 14.2 Å². The van der Waals surface area contributed by atoms with E-state index < -0.39 is 0 Å². The molecule has 2 nitrogen and oxygen atoms in total. The van der Waals surface area contributed by atoms with Gasteiger partial charge in [0.25, 0.3) is 0 Å². The third-order valence-corrected chi connectivity index (χ3v) is 14.0. The molecule has 0 fully saturated rings. The van der Waals surface area contributed by atoms with E-state index in [9.17, 15) is 0 Å². The monoisotopic (exact) mass is 800 g/mol. The van der Waals surface area contributed by atoms with Crippen LogP contribution in [0, 0.1) is 0 Å². The highest BCUT2D eigenvalue weighted by molar-refractivity contribution is 6.48. The molecule has 12 rings (SSSR count). The molecule has 0 bridgehead atoms. The number of fused-ring (bicyclic) bond motifs is 8.